The lowest BCUT2D eigenvalue weighted by molar-refractivity contribution is -0.117. The number of hydrogen-bond acceptors (Lipinski definition) is 5. The molecule has 0 bridgehead atoms. The summed E-state index contributed by atoms with van der Waals surface area (Å²) in [5, 5.41) is 6.15. The molecule has 0 unspecified atom stereocenters. The number of hydrogen-bond donors (Lipinski definition) is 2. The van der Waals surface area contributed by atoms with Crippen molar-refractivity contribution < 1.29 is 14.3 Å². The number of aromatic nitrogens is 1. The molecule has 2 heterocycles. The Hall–Kier alpha value is -3.13. The number of carbonyl (C=O) groups is 2. The van der Waals surface area contributed by atoms with Crippen LogP contribution in [0.1, 0.15) is 18.9 Å². The molecule has 1 fully saturated rings. The molecule has 0 aliphatic carbocycles. The Kier molecular flexibility index (Phi) is 5.35. The lowest BCUT2D eigenvalue weighted by Gasteiger charge is -2.17. The van der Waals surface area contributed by atoms with Gasteiger partial charge in [0, 0.05) is 18.7 Å². The van der Waals surface area contributed by atoms with Gasteiger partial charge in [-0.1, -0.05) is 29.0 Å². The maximum absolute atomic E-state index is 12.4. The summed E-state index contributed by atoms with van der Waals surface area (Å²) in [4.78, 5) is 30.9. The average Bonchev–Trinajstić information content (AvgIpc) is 3.24. The summed E-state index contributed by atoms with van der Waals surface area (Å²) in [6, 6.07) is 12.8. The van der Waals surface area contributed by atoms with E-state index in [4.69, 9.17) is 4.74 Å². The molecule has 2 N–H and O–H groups in total. The van der Waals surface area contributed by atoms with E-state index in [1.807, 2.05) is 56.3 Å². The zero-order valence-electron chi connectivity index (χ0n) is 16.3. The van der Waals surface area contributed by atoms with Crippen LogP contribution in [0.2, 0.25) is 0 Å². The molecule has 7 nitrogen and oxygen atoms in total. The first-order valence-electron chi connectivity index (χ1n) is 9.50. The van der Waals surface area contributed by atoms with E-state index in [2.05, 4.69) is 15.6 Å². The van der Waals surface area contributed by atoms with E-state index in [1.54, 1.807) is 4.90 Å². The normalized spacial score (nSPS) is 16.3. The van der Waals surface area contributed by atoms with Crippen LogP contribution >= 0.6 is 11.3 Å². The molecule has 150 valence electrons. The number of nitrogens with one attached hydrogen (secondary N) is 2. The van der Waals surface area contributed by atoms with Gasteiger partial charge in [-0.2, -0.15) is 0 Å². The Bertz CT molecular complexity index is 1050. The second-order valence-corrected chi connectivity index (χ2v) is 7.95. The molecule has 0 radical (unpaired) electrons. The second kappa shape index (κ2) is 8.08. The quantitative estimate of drug-likeness (QED) is 0.668. The van der Waals surface area contributed by atoms with Crippen molar-refractivity contribution in [3.05, 3.63) is 48.0 Å². The van der Waals surface area contributed by atoms with E-state index >= 15 is 0 Å². The van der Waals surface area contributed by atoms with Crippen molar-refractivity contribution in [2.45, 2.75) is 26.3 Å². The van der Waals surface area contributed by atoms with Crippen LogP contribution < -0.4 is 20.3 Å². The molecule has 1 atom stereocenters. The summed E-state index contributed by atoms with van der Waals surface area (Å²) >= 11 is 1.38. The van der Waals surface area contributed by atoms with Crippen LogP contribution in [0.4, 0.5) is 15.6 Å². The number of carbonyl (C=O) groups excluding carboxylic acids is 2. The van der Waals surface area contributed by atoms with Gasteiger partial charge in [-0.15, -0.1) is 0 Å². The standard InChI is InChI=1S/C21H22N4O3S/c1-3-28-16-8-9-17-18(11-16)29-21(23-17)24-20(27)22-14-10-19(26)25(12-14)15-6-4-13(2)5-7-15/h4-9,11,14H,3,10,12H2,1-2H3,(H2,22,23,24,27)/t14-/m1/s1. The molecule has 1 saturated heterocycles. The van der Waals surface area contributed by atoms with Crippen molar-refractivity contribution in [1.82, 2.24) is 10.3 Å². The van der Waals surface area contributed by atoms with Crippen molar-refractivity contribution in [1.29, 1.82) is 0 Å². The van der Waals surface area contributed by atoms with Gasteiger partial charge in [0.1, 0.15) is 5.75 Å². The number of thiazole rings is 1. The van der Waals surface area contributed by atoms with Crippen LogP contribution in [-0.2, 0) is 4.79 Å². The second-order valence-electron chi connectivity index (χ2n) is 6.92. The lowest BCUT2D eigenvalue weighted by Crippen LogP contribution is -2.39. The number of urea groups is 1. The number of fused-ring (bicyclic) bond motifs is 1. The molecular weight excluding hydrogens is 388 g/mol. The van der Waals surface area contributed by atoms with Gasteiger partial charge in [-0.25, -0.2) is 9.78 Å². The molecule has 3 aromatic rings. The summed E-state index contributed by atoms with van der Waals surface area (Å²) < 4.78 is 6.44. The topological polar surface area (TPSA) is 83.6 Å². The summed E-state index contributed by atoms with van der Waals surface area (Å²) in [7, 11) is 0. The smallest absolute Gasteiger partial charge is 0.321 e. The van der Waals surface area contributed by atoms with E-state index in [0.717, 1.165) is 27.2 Å². The predicted octanol–water partition coefficient (Wildman–Crippen LogP) is 3.93. The highest BCUT2D eigenvalue weighted by molar-refractivity contribution is 7.22. The number of amides is 3. The Labute approximate surface area is 172 Å². The van der Waals surface area contributed by atoms with E-state index in [-0.39, 0.29) is 24.4 Å². The third-order valence-corrected chi connectivity index (χ3v) is 5.63. The van der Waals surface area contributed by atoms with Gasteiger partial charge in [0.2, 0.25) is 5.91 Å². The minimum absolute atomic E-state index is 0.00240. The van der Waals surface area contributed by atoms with Gasteiger partial charge in [-0.3, -0.25) is 10.1 Å². The monoisotopic (exact) mass is 410 g/mol. The molecule has 1 aromatic heterocycles. The maximum Gasteiger partial charge on any atom is 0.321 e. The van der Waals surface area contributed by atoms with E-state index in [1.165, 1.54) is 11.3 Å². The Morgan fingerprint density at radius 3 is 2.83 bits per heavy atom. The fraction of sp³-hybridized carbons (Fsp3) is 0.286. The zero-order chi connectivity index (χ0) is 20.4. The molecule has 0 saturated carbocycles. The first-order valence-corrected chi connectivity index (χ1v) is 10.3. The third kappa shape index (κ3) is 4.32. The number of benzene rings is 2. The molecular formula is C21H22N4O3S. The molecule has 1 aliphatic rings. The third-order valence-electron chi connectivity index (χ3n) is 4.70. The number of rotatable bonds is 5. The van der Waals surface area contributed by atoms with Gasteiger partial charge in [0.15, 0.2) is 5.13 Å². The van der Waals surface area contributed by atoms with E-state index in [9.17, 15) is 9.59 Å². The van der Waals surface area contributed by atoms with Crippen molar-refractivity contribution in [3.63, 3.8) is 0 Å². The molecule has 29 heavy (non-hydrogen) atoms. The highest BCUT2D eigenvalue weighted by atomic mass is 32.1. The summed E-state index contributed by atoms with van der Waals surface area (Å²) in [6.07, 6.45) is 0.277. The van der Waals surface area contributed by atoms with Crippen molar-refractivity contribution in [2.24, 2.45) is 0 Å². The van der Waals surface area contributed by atoms with Crippen LogP contribution in [0, 0.1) is 6.92 Å². The van der Waals surface area contributed by atoms with Gasteiger partial charge < -0.3 is 15.0 Å². The molecule has 3 amide bonds. The predicted molar refractivity (Wildman–Crippen MR) is 115 cm³/mol. The highest BCUT2D eigenvalue weighted by Gasteiger charge is 2.31. The van der Waals surface area contributed by atoms with Crippen LogP contribution in [-0.4, -0.2) is 36.1 Å². The maximum atomic E-state index is 12.4. The van der Waals surface area contributed by atoms with Crippen LogP contribution in [0.25, 0.3) is 10.2 Å². The average molecular weight is 410 g/mol. The van der Waals surface area contributed by atoms with Crippen LogP contribution in [0.3, 0.4) is 0 Å². The minimum Gasteiger partial charge on any atom is -0.494 e. The minimum atomic E-state index is -0.363. The van der Waals surface area contributed by atoms with E-state index in [0.29, 0.717) is 18.3 Å². The van der Waals surface area contributed by atoms with Gasteiger partial charge in [-0.05, 0) is 44.2 Å². The number of anilines is 2. The first-order chi connectivity index (χ1) is 14.0. The van der Waals surface area contributed by atoms with Crippen molar-refractivity contribution in [2.75, 3.05) is 23.4 Å². The number of ether oxygens (including phenoxy) is 1. The van der Waals surface area contributed by atoms with Gasteiger partial charge in [0.25, 0.3) is 0 Å². The Morgan fingerprint density at radius 2 is 2.07 bits per heavy atom. The molecule has 4 rings (SSSR count). The Morgan fingerprint density at radius 1 is 1.28 bits per heavy atom. The largest absolute Gasteiger partial charge is 0.494 e. The van der Waals surface area contributed by atoms with Crippen LogP contribution in [0.5, 0.6) is 5.75 Å². The molecule has 2 aromatic carbocycles. The van der Waals surface area contributed by atoms with Crippen molar-refractivity contribution >= 4 is 44.3 Å². The zero-order valence-corrected chi connectivity index (χ0v) is 17.1. The summed E-state index contributed by atoms with van der Waals surface area (Å²) in [6.45, 7) is 4.98. The Balaban J connectivity index is 1.38. The molecule has 8 heteroatoms. The number of aryl methyl sites for hydroxylation is 1. The number of nitrogens with zero attached hydrogens (tertiary/aromatic N) is 2. The lowest BCUT2D eigenvalue weighted by atomic mass is 10.2. The van der Waals surface area contributed by atoms with Gasteiger partial charge >= 0.3 is 6.03 Å². The van der Waals surface area contributed by atoms with Crippen LogP contribution in [0.15, 0.2) is 42.5 Å². The molecule has 1 aliphatic heterocycles. The first kappa shape index (κ1) is 19.2. The summed E-state index contributed by atoms with van der Waals surface area (Å²) in [5.74, 6) is 0.780. The summed E-state index contributed by atoms with van der Waals surface area (Å²) in [5.41, 5.74) is 2.79. The highest BCUT2D eigenvalue weighted by Crippen LogP contribution is 2.29. The fourth-order valence-corrected chi connectivity index (χ4v) is 4.20. The van der Waals surface area contributed by atoms with Crippen molar-refractivity contribution in [3.8, 4) is 5.75 Å². The fourth-order valence-electron chi connectivity index (χ4n) is 3.31. The SMILES string of the molecule is CCOc1ccc2nc(NC(=O)N[C@@H]3CC(=O)N(c4ccc(C)cc4)C3)sc2c1. The van der Waals surface area contributed by atoms with E-state index < -0.39 is 0 Å². The van der Waals surface area contributed by atoms with Gasteiger partial charge in [0.05, 0.1) is 22.9 Å². The molecule has 0 spiro atoms.